The van der Waals surface area contributed by atoms with Crippen molar-refractivity contribution in [2.45, 2.75) is 45.6 Å². The molecule has 0 atom stereocenters. The Labute approximate surface area is 98.4 Å². The summed E-state index contributed by atoms with van der Waals surface area (Å²) in [6.45, 7) is 5.53. The van der Waals surface area contributed by atoms with E-state index in [1.807, 2.05) is 6.07 Å². The minimum Gasteiger partial charge on any atom is -0.399 e. The number of hydrogen-bond donors (Lipinski definition) is 1. The fraction of sp³-hybridized carbons (Fsp3) is 0.571. The number of hydrogen-bond acceptors (Lipinski definition) is 2. The first-order valence-corrected chi connectivity index (χ1v) is 6.34. The first-order chi connectivity index (χ1) is 7.70. The highest BCUT2D eigenvalue weighted by Crippen LogP contribution is 2.33. The third kappa shape index (κ3) is 2.69. The van der Waals surface area contributed by atoms with Crippen molar-refractivity contribution in [2.24, 2.45) is 0 Å². The molecular formula is C14H22N2. The van der Waals surface area contributed by atoms with Crippen LogP contribution in [0.15, 0.2) is 18.2 Å². The number of benzene rings is 1. The van der Waals surface area contributed by atoms with Crippen molar-refractivity contribution in [3.63, 3.8) is 0 Å². The lowest BCUT2D eigenvalue weighted by atomic mass is 10.1. The van der Waals surface area contributed by atoms with Gasteiger partial charge >= 0.3 is 0 Å². The Balaban J connectivity index is 2.16. The predicted molar refractivity (Wildman–Crippen MR) is 70.9 cm³/mol. The quantitative estimate of drug-likeness (QED) is 0.768. The summed E-state index contributed by atoms with van der Waals surface area (Å²) in [5.74, 6) is 0. The van der Waals surface area contributed by atoms with Crippen LogP contribution < -0.4 is 10.6 Å². The second-order valence-electron chi connectivity index (χ2n) is 4.88. The molecule has 1 aliphatic rings. The lowest BCUT2D eigenvalue weighted by molar-refractivity contribution is 0.713. The molecule has 1 fully saturated rings. The van der Waals surface area contributed by atoms with E-state index < -0.39 is 0 Å². The van der Waals surface area contributed by atoms with E-state index in [4.69, 9.17) is 5.73 Å². The van der Waals surface area contributed by atoms with Crippen molar-refractivity contribution in [1.29, 1.82) is 0 Å². The van der Waals surface area contributed by atoms with Crippen LogP contribution in [0, 0.1) is 6.92 Å². The second-order valence-corrected chi connectivity index (χ2v) is 4.88. The Kier molecular flexibility index (Phi) is 3.37. The van der Waals surface area contributed by atoms with E-state index in [9.17, 15) is 0 Å². The predicted octanol–water partition coefficient (Wildman–Crippen LogP) is 3.35. The largest absolute Gasteiger partial charge is 0.399 e. The lowest BCUT2D eigenvalue weighted by Gasteiger charge is -2.25. The summed E-state index contributed by atoms with van der Waals surface area (Å²) >= 11 is 0. The van der Waals surface area contributed by atoms with Crippen LogP contribution in [0.25, 0.3) is 0 Å². The number of anilines is 2. The molecule has 88 valence electrons. The van der Waals surface area contributed by atoms with E-state index in [1.165, 1.54) is 43.5 Å². The summed E-state index contributed by atoms with van der Waals surface area (Å²) in [4.78, 5) is 2.53. The number of nitrogen functional groups attached to an aromatic ring is 1. The zero-order chi connectivity index (χ0) is 11.5. The van der Waals surface area contributed by atoms with Crippen LogP contribution in [0.3, 0.4) is 0 Å². The molecule has 1 saturated carbocycles. The normalized spacial score (nSPS) is 15.1. The maximum Gasteiger partial charge on any atom is 0.0392 e. The van der Waals surface area contributed by atoms with Gasteiger partial charge in [0.05, 0.1) is 0 Å². The Morgan fingerprint density at radius 1 is 1.31 bits per heavy atom. The van der Waals surface area contributed by atoms with Crippen molar-refractivity contribution in [2.75, 3.05) is 17.2 Å². The molecule has 2 N–H and O–H groups in total. The maximum absolute atomic E-state index is 5.92. The highest BCUT2D eigenvalue weighted by Gasteiger charge is 2.28. The molecule has 2 heteroatoms. The zero-order valence-electron chi connectivity index (χ0n) is 10.4. The molecule has 0 heterocycles. The summed E-state index contributed by atoms with van der Waals surface area (Å²) in [5.41, 5.74) is 9.38. The molecule has 0 aliphatic heterocycles. The first-order valence-electron chi connectivity index (χ1n) is 6.34. The van der Waals surface area contributed by atoms with Crippen molar-refractivity contribution < 1.29 is 0 Å². The van der Waals surface area contributed by atoms with Gasteiger partial charge < -0.3 is 10.6 Å². The first kappa shape index (κ1) is 11.3. The standard InChI is InChI=1S/C14H22N2/c1-3-4-7-16(13-5-6-13)14-9-11(2)8-12(15)10-14/h8-10,13H,3-7,15H2,1-2H3. The molecule has 0 saturated heterocycles. The SMILES string of the molecule is CCCCN(c1cc(C)cc(N)c1)C1CC1. The van der Waals surface area contributed by atoms with Gasteiger partial charge in [0.15, 0.2) is 0 Å². The van der Waals surface area contributed by atoms with E-state index in [0.717, 1.165) is 11.7 Å². The number of aryl methyl sites for hydroxylation is 1. The minimum absolute atomic E-state index is 0.771. The summed E-state index contributed by atoms with van der Waals surface area (Å²) in [6.07, 6.45) is 5.21. The molecule has 2 nitrogen and oxygen atoms in total. The fourth-order valence-electron chi connectivity index (χ4n) is 2.19. The number of rotatable bonds is 5. The highest BCUT2D eigenvalue weighted by molar-refractivity contribution is 5.59. The number of nitrogens with zero attached hydrogens (tertiary/aromatic N) is 1. The van der Waals surface area contributed by atoms with E-state index >= 15 is 0 Å². The van der Waals surface area contributed by atoms with Crippen LogP contribution in [-0.2, 0) is 0 Å². The number of nitrogens with two attached hydrogens (primary N) is 1. The summed E-state index contributed by atoms with van der Waals surface area (Å²) in [6, 6.07) is 7.17. The molecule has 1 aromatic carbocycles. The monoisotopic (exact) mass is 218 g/mol. The third-order valence-electron chi connectivity index (χ3n) is 3.16. The van der Waals surface area contributed by atoms with Gasteiger partial charge in [-0.2, -0.15) is 0 Å². The van der Waals surface area contributed by atoms with Gasteiger partial charge in [-0.25, -0.2) is 0 Å². The smallest absolute Gasteiger partial charge is 0.0392 e. The van der Waals surface area contributed by atoms with E-state index in [-0.39, 0.29) is 0 Å². The van der Waals surface area contributed by atoms with Gasteiger partial charge in [-0.15, -0.1) is 0 Å². The van der Waals surface area contributed by atoms with Crippen LogP contribution in [-0.4, -0.2) is 12.6 Å². The van der Waals surface area contributed by atoms with Gasteiger partial charge in [-0.05, 0) is 49.9 Å². The van der Waals surface area contributed by atoms with Crippen LogP contribution in [0.2, 0.25) is 0 Å². The van der Waals surface area contributed by atoms with Crippen molar-refractivity contribution in [3.8, 4) is 0 Å². The van der Waals surface area contributed by atoms with Gasteiger partial charge in [0.1, 0.15) is 0 Å². The molecule has 0 amide bonds. The molecule has 0 spiro atoms. The van der Waals surface area contributed by atoms with Gasteiger partial charge in [-0.3, -0.25) is 0 Å². The molecule has 0 bridgehead atoms. The molecular weight excluding hydrogens is 196 g/mol. The Hall–Kier alpha value is -1.18. The van der Waals surface area contributed by atoms with Crippen molar-refractivity contribution in [1.82, 2.24) is 0 Å². The average molecular weight is 218 g/mol. The maximum atomic E-state index is 5.92. The topological polar surface area (TPSA) is 29.3 Å². The van der Waals surface area contributed by atoms with Gasteiger partial charge in [0.2, 0.25) is 0 Å². The van der Waals surface area contributed by atoms with E-state index in [1.54, 1.807) is 0 Å². The van der Waals surface area contributed by atoms with Crippen LogP contribution in [0.4, 0.5) is 11.4 Å². The second kappa shape index (κ2) is 4.77. The average Bonchev–Trinajstić information content (AvgIpc) is 3.01. The van der Waals surface area contributed by atoms with Crippen LogP contribution >= 0.6 is 0 Å². The molecule has 2 rings (SSSR count). The summed E-state index contributed by atoms with van der Waals surface area (Å²) in [7, 11) is 0. The zero-order valence-corrected chi connectivity index (χ0v) is 10.4. The lowest BCUT2D eigenvalue weighted by Crippen LogP contribution is -2.26. The van der Waals surface area contributed by atoms with E-state index in [0.29, 0.717) is 0 Å². The summed E-state index contributed by atoms with van der Waals surface area (Å²) < 4.78 is 0. The molecule has 0 aromatic heterocycles. The van der Waals surface area contributed by atoms with Gasteiger partial charge in [-0.1, -0.05) is 13.3 Å². The molecule has 0 unspecified atom stereocenters. The van der Waals surface area contributed by atoms with E-state index in [2.05, 4.69) is 30.9 Å². The summed E-state index contributed by atoms with van der Waals surface area (Å²) in [5, 5.41) is 0. The minimum atomic E-state index is 0.771. The van der Waals surface area contributed by atoms with Crippen molar-refractivity contribution in [3.05, 3.63) is 23.8 Å². The molecule has 1 aliphatic carbocycles. The Bertz CT molecular complexity index is 336. The molecule has 0 radical (unpaired) electrons. The fourth-order valence-corrected chi connectivity index (χ4v) is 2.19. The van der Waals surface area contributed by atoms with Crippen LogP contribution in [0.5, 0.6) is 0 Å². The van der Waals surface area contributed by atoms with Gasteiger partial charge in [0.25, 0.3) is 0 Å². The van der Waals surface area contributed by atoms with Gasteiger partial charge in [0, 0.05) is 24.0 Å². The third-order valence-corrected chi connectivity index (χ3v) is 3.16. The Morgan fingerprint density at radius 2 is 2.06 bits per heavy atom. The van der Waals surface area contributed by atoms with Crippen LogP contribution in [0.1, 0.15) is 38.2 Å². The highest BCUT2D eigenvalue weighted by atomic mass is 15.2. The Morgan fingerprint density at radius 3 is 2.62 bits per heavy atom. The molecule has 16 heavy (non-hydrogen) atoms. The number of unbranched alkanes of at least 4 members (excludes halogenated alkanes) is 1. The molecule has 1 aromatic rings. The van der Waals surface area contributed by atoms with Crippen molar-refractivity contribution >= 4 is 11.4 Å².